The summed E-state index contributed by atoms with van der Waals surface area (Å²) in [6, 6.07) is 3.12. The third-order valence-corrected chi connectivity index (χ3v) is 7.41. The molecule has 9 heteroatoms. The Hall–Kier alpha value is -1.71. The van der Waals surface area contributed by atoms with Crippen LogP contribution >= 0.6 is 11.3 Å². The Kier molecular flexibility index (Phi) is 5.79. The van der Waals surface area contributed by atoms with E-state index in [4.69, 9.17) is 0 Å². The molecule has 0 spiro atoms. The second-order valence-electron chi connectivity index (χ2n) is 6.62. The molecule has 1 fully saturated rings. The molecule has 1 aliphatic rings. The standard InChI is InChI=1S/C17H24N4O3S2/c1-3-8-21-11-15(12(2)19-21)17(22)18-13-6-7-14(10-13)20-26(23,24)16-5-4-9-25-16/h4-5,9,11,13-14,20H,3,6-8,10H2,1-2H3,(H,18,22)/t13-,14+/m0/s1. The summed E-state index contributed by atoms with van der Waals surface area (Å²) in [4.78, 5) is 12.5. The summed E-state index contributed by atoms with van der Waals surface area (Å²) in [7, 11) is -3.47. The summed E-state index contributed by atoms with van der Waals surface area (Å²) < 4.78 is 29.5. The lowest BCUT2D eigenvalue weighted by molar-refractivity contribution is 0.0937. The van der Waals surface area contributed by atoms with Gasteiger partial charge in [0.1, 0.15) is 4.21 Å². The summed E-state index contributed by atoms with van der Waals surface area (Å²) in [5.74, 6) is -0.142. The first-order valence-electron chi connectivity index (χ1n) is 8.80. The molecule has 0 bridgehead atoms. The van der Waals surface area contributed by atoms with Crippen LogP contribution in [0.2, 0.25) is 0 Å². The molecule has 1 amide bonds. The van der Waals surface area contributed by atoms with Crippen molar-refractivity contribution >= 4 is 27.3 Å². The van der Waals surface area contributed by atoms with Gasteiger partial charge >= 0.3 is 0 Å². The van der Waals surface area contributed by atoms with Crippen LogP contribution in [0.5, 0.6) is 0 Å². The zero-order valence-electron chi connectivity index (χ0n) is 14.9. The van der Waals surface area contributed by atoms with Crippen LogP contribution in [-0.4, -0.2) is 36.2 Å². The average Bonchev–Trinajstić information content (AvgIpc) is 3.29. The molecule has 2 aromatic rings. The minimum atomic E-state index is -3.47. The van der Waals surface area contributed by atoms with Crippen molar-refractivity contribution in [3.63, 3.8) is 0 Å². The highest BCUT2D eigenvalue weighted by Gasteiger charge is 2.30. The molecule has 2 N–H and O–H groups in total. The van der Waals surface area contributed by atoms with Gasteiger partial charge in [-0.3, -0.25) is 9.48 Å². The molecule has 0 aliphatic heterocycles. The normalized spacial score (nSPS) is 20.4. The number of aryl methyl sites for hydroxylation is 2. The minimum Gasteiger partial charge on any atom is -0.349 e. The fraction of sp³-hybridized carbons (Fsp3) is 0.529. The van der Waals surface area contributed by atoms with Gasteiger partial charge in [-0.1, -0.05) is 13.0 Å². The predicted molar refractivity (Wildman–Crippen MR) is 101 cm³/mol. The molecule has 2 aromatic heterocycles. The number of amides is 1. The van der Waals surface area contributed by atoms with E-state index in [1.807, 2.05) is 6.92 Å². The average molecular weight is 397 g/mol. The maximum atomic E-state index is 12.5. The van der Waals surface area contributed by atoms with Crippen LogP contribution in [0.25, 0.3) is 0 Å². The predicted octanol–water partition coefficient (Wildman–Crippen LogP) is 2.29. The Labute approximate surface area is 157 Å². The lowest BCUT2D eigenvalue weighted by atomic mass is 10.2. The first-order chi connectivity index (χ1) is 12.4. The molecular weight excluding hydrogens is 372 g/mol. The highest BCUT2D eigenvalue weighted by atomic mass is 32.2. The number of sulfonamides is 1. The summed E-state index contributed by atoms with van der Waals surface area (Å²) in [5.41, 5.74) is 1.30. The van der Waals surface area contributed by atoms with Crippen LogP contribution in [0.1, 0.15) is 48.7 Å². The van der Waals surface area contributed by atoms with Crippen molar-refractivity contribution < 1.29 is 13.2 Å². The molecule has 7 nitrogen and oxygen atoms in total. The van der Waals surface area contributed by atoms with Crippen molar-refractivity contribution in [3.05, 3.63) is 35.0 Å². The van der Waals surface area contributed by atoms with Gasteiger partial charge in [-0.05, 0) is 44.1 Å². The van der Waals surface area contributed by atoms with Crippen LogP contribution in [-0.2, 0) is 16.6 Å². The van der Waals surface area contributed by atoms with Crippen molar-refractivity contribution in [2.45, 2.75) is 62.4 Å². The topological polar surface area (TPSA) is 93.1 Å². The maximum absolute atomic E-state index is 12.5. The summed E-state index contributed by atoms with van der Waals surface area (Å²) in [5, 5.41) is 9.11. The highest BCUT2D eigenvalue weighted by Crippen LogP contribution is 2.23. The fourth-order valence-electron chi connectivity index (χ4n) is 3.26. The first kappa shape index (κ1) is 19.1. The van der Waals surface area contributed by atoms with E-state index in [1.165, 1.54) is 11.3 Å². The lowest BCUT2D eigenvalue weighted by Crippen LogP contribution is -2.37. The van der Waals surface area contributed by atoms with Gasteiger partial charge in [-0.25, -0.2) is 13.1 Å². The Bertz CT molecular complexity index is 859. The zero-order chi connectivity index (χ0) is 18.7. The van der Waals surface area contributed by atoms with Crippen molar-refractivity contribution in [2.24, 2.45) is 0 Å². The van der Waals surface area contributed by atoms with E-state index >= 15 is 0 Å². The van der Waals surface area contributed by atoms with Gasteiger partial charge in [-0.2, -0.15) is 5.10 Å². The molecule has 0 unspecified atom stereocenters. The molecule has 0 radical (unpaired) electrons. The van der Waals surface area contributed by atoms with Gasteiger partial charge in [0.25, 0.3) is 5.91 Å². The summed E-state index contributed by atoms with van der Waals surface area (Å²) >= 11 is 1.20. The SMILES string of the molecule is CCCn1cc(C(=O)N[C@H]2CC[C@@H](NS(=O)(=O)c3cccs3)C2)c(C)n1. The quantitative estimate of drug-likeness (QED) is 0.751. The zero-order valence-corrected chi connectivity index (χ0v) is 16.6. The van der Waals surface area contributed by atoms with E-state index in [1.54, 1.807) is 28.4 Å². The minimum absolute atomic E-state index is 0.0348. The van der Waals surface area contributed by atoms with Crippen molar-refractivity contribution in [1.29, 1.82) is 0 Å². The first-order valence-corrected chi connectivity index (χ1v) is 11.2. The van der Waals surface area contributed by atoms with Gasteiger partial charge in [-0.15, -0.1) is 11.3 Å². The molecular formula is C17H24N4O3S2. The van der Waals surface area contributed by atoms with Crippen molar-refractivity contribution in [1.82, 2.24) is 19.8 Å². The molecule has 0 saturated heterocycles. The molecule has 2 atom stereocenters. The smallest absolute Gasteiger partial charge is 0.254 e. The summed E-state index contributed by atoms with van der Waals surface area (Å²) in [6.45, 7) is 4.67. The second-order valence-corrected chi connectivity index (χ2v) is 9.51. The van der Waals surface area contributed by atoms with E-state index < -0.39 is 10.0 Å². The van der Waals surface area contributed by atoms with Gasteiger partial charge in [0, 0.05) is 24.8 Å². The van der Waals surface area contributed by atoms with Crippen LogP contribution in [0.3, 0.4) is 0 Å². The number of nitrogens with one attached hydrogen (secondary N) is 2. The van der Waals surface area contributed by atoms with Gasteiger partial charge < -0.3 is 5.32 Å². The van der Waals surface area contributed by atoms with Crippen molar-refractivity contribution in [3.8, 4) is 0 Å². The number of hydrogen-bond acceptors (Lipinski definition) is 5. The molecule has 2 heterocycles. The van der Waals surface area contributed by atoms with Gasteiger partial charge in [0.05, 0.1) is 11.3 Å². The van der Waals surface area contributed by atoms with E-state index in [9.17, 15) is 13.2 Å². The van der Waals surface area contributed by atoms with Crippen LogP contribution in [0.4, 0.5) is 0 Å². The van der Waals surface area contributed by atoms with E-state index in [2.05, 4.69) is 22.1 Å². The summed E-state index contributed by atoms with van der Waals surface area (Å²) in [6.07, 6.45) is 4.80. The molecule has 1 saturated carbocycles. The number of aromatic nitrogens is 2. The molecule has 1 aliphatic carbocycles. The molecule has 26 heavy (non-hydrogen) atoms. The number of hydrogen-bond donors (Lipinski definition) is 2. The van der Waals surface area contributed by atoms with Crippen molar-refractivity contribution in [2.75, 3.05) is 0 Å². The van der Waals surface area contributed by atoms with E-state index in [0.717, 1.165) is 19.4 Å². The Morgan fingerprint density at radius 2 is 2.15 bits per heavy atom. The van der Waals surface area contributed by atoms with Gasteiger partial charge in [0.15, 0.2) is 0 Å². The number of rotatable bonds is 7. The Balaban J connectivity index is 1.57. The third kappa shape index (κ3) is 4.33. The molecule has 0 aromatic carbocycles. The number of carbonyl (C=O) groups is 1. The fourth-order valence-corrected chi connectivity index (χ4v) is 5.55. The van der Waals surface area contributed by atoms with E-state index in [0.29, 0.717) is 28.3 Å². The van der Waals surface area contributed by atoms with Gasteiger partial charge in [0.2, 0.25) is 10.0 Å². The number of thiophene rings is 1. The lowest BCUT2D eigenvalue weighted by Gasteiger charge is -2.14. The second kappa shape index (κ2) is 7.89. The Morgan fingerprint density at radius 1 is 1.38 bits per heavy atom. The number of nitrogens with zero attached hydrogens (tertiary/aromatic N) is 2. The Morgan fingerprint density at radius 3 is 2.85 bits per heavy atom. The molecule has 3 rings (SSSR count). The van der Waals surface area contributed by atoms with Crippen LogP contribution < -0.4 is 10.0 Å². The maximum Gasteiger partial charge on any atom is 0.254 e. The van der Waals surface area contributed by atoms with Crippen LogP contribution in [0.15, 0.2) is 27.9 Å². The third-order valence-electron chi connectivity index (χ3n) is 4.49. The molecule has 142 valence electrons. The highest BCUT2D eigenvalue weighted by molar-refractivity contribution is 7.91. The van der Waals surface area contributed by atoms with Crippen LogP contribution in [0, 0.1) is 6.92 Å². The number of carbonyl (C=O) groups excluding carboxylic acids is 1. The van der Waals surface area contributed by atoms with E-state index in [-0.39, 0.29) is 18.0 Å². The monoisotopic (exact) mass is 396 g/mol. The largest absolute Gasteiger partial charge is 0.349 e.